The lowest BCUT2D eigenvalue weighted by Gasteiger charge is -2.35. The standard InChI is InChI=1S/C20H34N2O2/c1-17-8-11-21(12-9-17)13-14-22-10-4-2-3-6-18(22)16-19(23)20-7-5-15-24-20/h5,7,15,17-19,23H,2-4,6,8-14,16H2,1H3. The molecule has 2 aliphatic heterocycles. The molecule has 1 aromatic heterocycles. The van der Waals surface area contributed by atoms with Crippen molar-refractivity contribution in [2.75, 3.05) is 32.7 Å². The average Bonchev–Trinajstić information content (AvgIpc) is 3.04. The number of rotatable bonds is 6. The maximum atomic E-state index is 10.5. The van der Waals surface area contributed by atoms with E-state index in [1.54, 1.807) is 6.26 Å². The molecule has 3 rings (SSSR count). The van der Waals surface area contributed by atoms with Crippen LogP contribution in [0.3, 0.4) is 0 Å². The molecule has 0 amide bonds. The van der Waals surface area contributed by atoms with Gasteiger partial charge in [-0.2, -0.15) is 0 Å². The fourth-order valence-electron chi connectivity index (χ4n) is 4.21. The third-order valence-electron chi connectivity index (χ3n) is 5.95. The summed E-state index contributed by atoms with van der Waals surface area (Å²) in [6.07, 6.45) is 9.78. The van der Waals surface area contributed by atoms with Crippen molar-refractivity contribution in [3.8, 4) is 0 Å². The van der Waals surface area contributed by atoms with Gasteiger partial charge in [0, 0.05) is 19.1 Å². The zero-order chi connectivity index (χ0) is 16.8. The molecule has 0 saturated carbocycles. The molecular formula is C20H34N2O2. The number of aliphatic hydroxyl groups excluding tert-OH is 1. The van der Waals surface area contributed by atoms with Crippen LogP contribution < -0.4 is 0 Å². The van der Waals surface area contributed by atoms with Gasteiger partial charge in [0.2, 0.25) is 0 Å². The number of likely N-dealkylation sites (tertiary alicyclic amines) is 2. The molecule has 136 valence electrons. The van der Waals surface area contributed by atoms with E-state index in [-0.39, 0.29) is 0 Å². The summed E-state index contributed by atoms with van der Waals surface area (Å²) in [5.41, 5.74) is 0. The summed E-state index contributed by atoms with van der Waals surface area (Å²) >= 11 is 0. The Balaban J connectivity index is 1.52. The molecule has 2 atom stereocenters. The van der Waals surface area contributed by atoms with E-state index in [4.69, 9.17) is 4.42 Å². The predicted molar refractivity (Wildman–Crippen MR) is 97.0 cm³/mol. The van der Waals surface area contributed by atoms with E-state index < -0.39 is 6.10 Å². The fourth-order valence-corrected chi connectivity index (χ4v) is 4.21. The quantitative estimate of drug-likeness (QED) is 0.861. The third kappa shape index (κ3) is 5.08. The van der Waals surface area contributed by atoms with Crippen LogP contribution in [0.4, 0.5) is 0 Å². The van der Waals surface area contributed by atoms with Crippen molar-refractivity contribution < 1.29 is 9.52 Å². The summed E-state index contributed by atoms with van der Waals surface area (Å²) in [6.45, 7) is 8.39. The lowest BCUT2D eigenvalue weighted by atomic mass is 9.99. The van der Waals surface area contributed by atoms with Crippen LogP contribution in [0.25, 0.3) is 0 Å². The van der Waals surface area contributed by atoms with Gasteiger partial charge in [-0.1, -0.05) is 19.8 Å². The molecule has 0 aliphatic carbocycles. The first-order valence-corrected chi connectivity index (χ1v) is 9.90. The van der Waals surface area contributed by atoms with Crippen LogP contribution in [0.5, 0.6) is 0 Å². The van der Waals surface area contributed by atoms with Crippen molar-refractivity contribution in [1.82, 2.24) is 9.80 Å². The monoisotopic (exact) mass is 334 g/mol. The van der Waals surface area contributed by atoms with Gasteiger partial charge >= 0.3 is 0 Å². The first-order chi connectivity index (χ1) is 11.7. The largest absolute Gasteiger partial charge is 0.467 e. The number of furan rings is 1. The summed E-state index contributed by atoms with van der Waals surface area (Å²) in [5.74, 6) is 1.61. The van der Waals surface area contributed by atoms with E-state index in [0.29, 0.717) is 11.8 Å². The third-order valence-corrected chi connectivity index (χ3v) is 5.95. The molecule has 2 fully saturated rings. The van der Waals surface area contributed by atoms with Crippen LogP contribution in [0, 0.1) is 5.92 Å². The van der Waals surface area contributed by atoms with Crippen molar-refractivity contribution in [2.24, 2.45) is 5.92 Å². The van der Waals surface area contributed by atoms with Crippen molar-refractivity contribution in [3.05, 3.63) is 24.2 Å². The van der Waals surface area contributed by atoms with Crippen LogP contribution in [-0.4, -0.2) is 53.7 Å². The van der Waals surface area contributed by atoms with Gasteiger partial charge in [0.05, 0.1) is 6.26 Å². The smallest absolute Gasteiger partial charge is 0.132 e. The summed E-state index contributed by atoms with van der Waals surface area (Å²) < 4.78 is 5.39. The highest BCUT2D eigenvalue weighted by Gasteiger charge is 2.26. The Hall–Kier alpha value is -0.840. The summed E-state index contributed by atoms with van der Waals surface area (Å²) in [7, 11) is 0. The highest BCUT2D eigenvalue weighted by atomic mass is 16.4. The van der Waals surface area contributed by atoms with Crippen molar-refractivity contribution in [1.29, 1.82) is 0 Å². The Morgan fingerprint density at radius 1 is 1.12 bits per heavy atom. The molecule has 4 heteroatoms. The number of nitrogens with zero attached hydrogens (tertiary/aromatic N) is 2. The molecule has 4 nitrogen and oxygen atoms in total. The van der Waals surface area contributed by atoms with E-state index in [1.807, 2.05) is 12.1 Å². The van der Waals surface area contributed by atoms with Crippen LogP contribution in [0.2, 0.25) is 0 Å². The van der Waals surface area contributed by atoms with E-state index in [1.165, 1.54) is 64.7 Å². The normalized spacial score (nSPS) is 26.3. The first kappa shape index (κ1) is 18.0. The van der Waals surface area contributed by atoms with Crippen LogP contribution in [0.1, 0.15) is 63.7 Å². The molecule has 2 aliphatic rings. The van der Waals surface area contributed by atoms with Crippen molar-refractivity contribution >= 4 is 0 Å². The van der Waals surface area contributed by atoms with E-state index >= 15 is 0 Å². The molecule has 0 aromatic carbocycles. The lowest BCUT2D eigenvalue weighted by molar-refractivity contribution is 0.0770. The van der Waals surface area contributed by atoms with Gasteiger partial charge in [0.1, 0.15) is 11.9 Å². The Morgan fingerprint density at radius 2 is 1.96 bits per heavy atom. The van der Waals surface area contributed by atoms with Crippen molar-refractivity contribution in [2.45, 2.75) is 64.0 Å². The van der Waals surface area contributed by atoms with E-state index in [9.17, 15) is 5.11 Å². The summed E-state index contributed by atoms with van der Waals surface area (Å²) in [5, 5.41) is 10.5. The SMILES string of the molecule is CC1CCN(CCN2CCCCCC2CC(O)c2ccco2)CC1. The van der Waals surface area contributed by atoms with Crippen LogP contribution in [0.15, 0.2) is 22.8 Å². The maximum absolute atomic E-state index is 10.5. The minimum absolute atomic E-state index is 0.471. The Bertz CT molecular complexity index is 454. The molecule has 1 aromatic rings. The topological polar surface area (TPSA) is 39.9 Å². The molecule has 0 spiro atoms. The second kappa shape index (κ2) is 9.02. The lowest BCUT2D eigenvalue weighted by Crippen LogP contribution is -2.43. The average molecular weight is 335 g/mol. The van der Waals surface area contributed by atoms with Gasteiger partial charge in [-0.25, -0.2) is 0 Å². The zero-order valence-electron chi connectivity index (χ0n) is 15.2. The minimum atomic E-state index is -0.471. The van der Waals surface area contributed by atoms with Gasteiger partial charge in [0.25, 0.3) is 0 Å². The van der Waals surface area contributed by atoms with Crippen LogP contribution in [-0.2, 0) is 0 Å². The van der Waals surface area contributed by atoms with Crippen molar-refractivity contribution in [3.63, 3.8) is 0 Å². The van der Waals surface area contributed by atoms with Gasteiger partial charge in [0.15, 0.2) is 0 Å². The molecular weight excluding hydrogens is 300 g/mol. The first-order valence-electron chi connectivity index (χ1n) is 9.90. The number of hydrogen-bond acceptors (Lipinski definition) is 4. The highest BCUT2D eigenvalue weighted by molar-refractivity contribution is 5.02. The molecule has 2 unspecified atom stereocenters. The predicted octanol–water partition coefficient (Wildman–Crippen LogP) is 3.68. The van der Waals surface area contributed by atoms with E-state index in [0.717, 1.165) is 18.9 Å². The van der Waals surface area contributed by atoms with Gasteiger partial charge in [-0.15, -0.1) is 0 Å². The zero-order valence-corrected chi connectivity index (χ0v) is 15.2. The fraction of sp³-hybridized carbons (Fsp3) is 0.800. The second-order valence-corrected chi connectivity index (χ2v) is 7.83. The van der Waals surface area contributed by atoms with Gasteiger partial charge in [-0.3, -0.25) is 4.90 Å². The highest BCUT2D eigenvalue weighted by Crippen LogP contribution is 2.27. The number of aliphatic hydroxyl groups is 1. The van der Waals surface area contributed by atoms with Gasteiger partial charge in [-0.05, 0) is 69.8 Å². The van der Waals surface area contributed by atoms with Crippen LogP contribution >= 0.6 is 0 Å². The molecule has 2 saturated heterocycles. The summed E-state index contributed by atoms with van der Waals surface area (Å²) in [6, 6.07) is 4.23. The Labute approximate surface area is 146 Å². The maximum Gasteiger partial charge on any atom is 0.132 e. The Morgan fingerprint density at radius 3 is 2.71 bits per heavy atom. The van der Waals surface area contributed by atoms with E-state index in [2.05, 4.69) is 16.7 Å². The molecule has 0 radical (unpaired) electrons. The molecule has 24 heavy (non-hydrogen) atoms. The molecule has 1 N–H and O–H groups in total. The Kier molecular flexibility index (Phi) is 6.75. The summed E-state index contributed by atoms with van der Waals surface area (Å²) in [4.78, 5) is 5.27. The molecule has 0 bridgehead atoms. The second-order valence-electron chi connectivity index (χ2n) is 7.83. The number of piperidine rings is 1. The minimum Gasteiger partial charge on any atom is -0.467 e. The van der Waals surface area contributed by atoms with Gasteiger partial charge < -0.3 is 14.4 Å². The molecule has 3 heterocycles. The number of hydrogen-bond donors (Lipinski definition) is 1.